The van der Waals surface area contributed by atoms with E-state index in [1.54, 1.807) is 37.3 Å². The van der Waals surface area contributed by atoms with Gasteiger partial charge in [-0.25, -0.2) is 4.79 Å². The summed E-state index contributed by atoms with van der Waals surface area (Å²) >= 11 is 6.11. The van der Waals surface area contributed by atoms with Crippen LogP contribution in [0.2, 0.25) is 5.02 Å². The number of amides is 1. The van der Waals surface area contributed by atoms with Crippen LogP contribution in [0.5, 0.6) is 0 Å². The lowest BCUT2D eigenvalue weighted by molar-refractivity contribution is -0.116. The normalized spacial score (nSPS) is 10.7. The van der Waals surface area contributed by atoms with Gasteiger partial charge < -0.3 is 14.5 Å². The standard InChI is InChI=1S/C17H16ClNO4/c1-11-8-12(9-14(18)16(11)17(21)22-2)10-19-15(20)6-5-13-4-3-7-23-13/h3-9H,10H2,1-2H3,(H,19,20)/b6-5+. The summed E-state index contributed by atoms with van der Waals surface area (Å²) in [5.41, 5.74) is 1.82. The molecule has 0 saturated carbocycles. The Balaban J connectivity index is 2.01. The van der Waals surface area contributed by atoms with Crippen molar-refractivity contribution < 1.29 is 18.7 Å². The summed E-state index contributed by atoms with van der Waals surface area (Å²) in [6, 6.07) is 6.91. The fourth-order valence-electron chi connectivity index (χ4n) is 2.07. The van der Waals surface area contributed by atoms with Gasteiger partial charge >= 0.3 is 5.97 Å². The number of nitrogens with one attached hydrogen (secondary N) is 1. The Bertz CT molecular complexity index is 712. The Kier molecular flexibility index (Phi) is 5.60. The lowest BCUT2D eigenvalue weighted by Gasteiger charge is -2.10. The SMILES string of the molecule is COC(=O)c1c(C)cc(CNC(=O)/C=C/c2ccco2)cc1Cl. The molecule has 0 aliphatic rings. The summed E-state index contributed by atoms with van der Waals surface area (Å²) in [6.07, 6.45) is 4.50. The number of carbonyl (C=O) groups is 2. The van der Waals surface area contributed by atoms with Gasteiger partial charge in [-0.2, -0.15) is 0 Å². The highest BCUT2D eigenvalue weighted by atomic mass is 35.5. The largest absolute Gasteiger partial charge is 0.465 e. The van der Waals surface area contributed by atoms with E-state index in [1.807, 2.05) is 0 Å². The Morgan fingerprint density at radius 3 is 2.78 bits per heavy atom. The van der Waals surface area contributed by atoms with Gasteiger partial charge in [0, 0.05) is 12.6 Å². The van der Waals surface area contributed by atoms with Gasteiger partial charge in [0.25, 0.3) is 0 Å². The molecule has 1 aromatic carbocycles. The minimum absolute atomic E-state index is 0.257. The second-order valence-electron chi connectivity index (χ2n) is 4.83. The molecule has 0 aliphatic heterocycles. The number of esters is 1. The van der Waals surface area contributed by atoms with Crippen LogP contribution in [0.25, 0.3) is 6.08 Å². The third-order valence-corrected chi connectivity index (χ3v) is 3.44. The van der Waals surface area contributed by atoms with Crippen molar-refractivity contribution in [1.82, 2.24) is 5.32 Å². The number of methoxy groups -OCH3 is 1. The van der Waals surface area contributed by atoms with Gasteiger partial charge in [-0.15, -0.1) is 0 Å². The first-order valence-corrected chi connectivity index (χ1v) is 7.26. The van der Waals surface area contributed by atoms with Crippen LogP contribution in [0.4, 0.5) is 0 Å². The van der Waals surface area contributed by atoms with Crippen molar-refractivity contribution in [1.29, 1.82) is 0 Å². The van der Waals surface area contributed by atoms with Gasteiger partial charge in [-0.1, -0.05) is 17.7 Å². The molecule has 2 aromatic rings. The summed E-state index contributed by atoms with van der Waals surface area (Å²) in [6.45, 7) is 2.06. The summed E-state index contributed by atoms with van der Waals surface area (Å²) in [5.74, 6) is -0.141. The summed E-state index contributed by atoms with van der Waals surface area (Å²) < 4.78 is 9.79. The van der Waals surface area contributed by atoms with Crippen LogP contribution in [0, 0.1) is 6.92 Å². The third-order valence-electron chi connectivity index (χ3n) is 3.15. The first kappa shape index (κ1) is 16.8. The first-order chi connectivity index (χ1) is 11.0. The number of ether oxygens (including phenoxy) is 1. The fourth-order valence-corrected chi connectivity index (χ4v) is 2.44. The maximum absolute atomic E-state index is 11.8. The Morgan fingerprint density at radius 2 is 2.17 bits per heavy atom. The molecule has 6 heteroatoms. The zero-order chi connectivity index (χ0) is 16.8. The topological polar surface area (TPSA) is 68.5 Å². The molecule has 23 heavy (non-hydrogen) atoms. The second-order valence-corrected chi connectivity index (χ2v) is 5.23. The van der Waals surface area contributed by atoms with Crippen LogP contribution in [0.1, 0.15) is 27.2 Å². The van der Waals surface area contributed by atoms with Gasteiger partial charge in [0.05, 0.1) is 24.0 Å². The molecule has 120 valence electrons. The number of benzene rings is 1. The van der Waals surface area contributed by atoms with Crippen LogP contribution in [0.3, 0.4) is 0 Å². The predicted octanol–water partition coefficient (Wildman–Crippen LogP) is 3.36. The molecule has 0 bridgehead atoms. The van der Waals surface area contributed by atoms with Gasteiger partial charge in [-0.3, -0.25) is 4.79 Å². The summed E-state index contributed by atoms with van der Waals surface area (Å²) in [4.78, 5) is 23.4. The summed E-state index contributed by atoms with van der Waals surface area (Å²) in [5, 5.41) is 3.03. The quantitative estimate of drug-likeness (QED) is 0.673. The van der Waals surface area contributed by atoms with E-state index in [0.717, 1.165) is 5.56 Å². The number of hydrogen-bond acceptors (Lipinski definition) is 4. The van der Waals surface area contributed by atoms with Crippen molar-refractivity contribution in [3.05, 3.63) is 64.1 Å². The van der Waals surface area contributed by atoms with Gasteiger partial charge in [0.15, 0.2) is 0 Å². The van der Waals surface area contributed by atoms with E-state index in [0.29, 0.717) is 28.5 Å². The van der Waals surface area contributed by atoms with Crippen molar-refractivity contribution in [2.45, 2.75) is 13.5 Å². The van der Waals surface area contributed by atoms with Gasteiger partial charge in [0.2, 0.25) is 5.91 Å². The highest BCUT2D eigenvalue weighted by Gasteiger charge is 2.15. The molecule has 0 unspecified atom stereocenters. The molecule has 0 aliphatic carbocycles. The van der Waals surface area contributed by atoms with E-state index in [9.17, 15) is 9.59 Å². The van der Waals surface area contributed by atoms with Gasteiger partial charge in [0.1, 0.15) is 5.76 Å². The molecule has 0 saturated heterocycles. The van der Waals surface area contributed by atoms with Crippen molar-refractivity contribution >= 4 is 29.6 Å². The van der Waals surface area contributed by atoms with Gasteiger partial charge in [-0.05, 0) is 42.3 Å². The molecular formula is C17H16ClNO4. The molecule has 0 fully saturated rings. The Hall–Kier alpha value is -2.53. The van der Waals surface area contributed by atoms with E-state index in [-0.39, 0.29) is 5.91 Å². The number of halogens is 1. The predicted molar refractivity (Wildman–Crippen MR) is 87.1 cm³/mol. The zero-order valence-corrected chi connectivity index (χ0v) is 13.5. The number of rotatable bonds is 5. The molecule has 1 heterocycles. The fraction of sp³-hybridized carbons (Fsp3) is 0.176. The van der Waals surface area contributed by atoms with E-state index < -0.39 is 5.97 Å². The van der Waals surface area contributed by atoms with E-state index in [1.165, 1.54) is 19.4 Å². The van der Waals surface area contributed by atoms with E-state index in [2.05, 4.69) is 5.32 Å². The molecule has 0 radical (unpaired) electrons. The molecule has 2 rings (SSSR count). The van der Waals surface area contributed by atoms with Crippen LogP contribution in [-0.4, -0.2) is 19.0 Å². The molecule has 0 spiro atoms. The maximum atomic E-state index is 11.8. The minimum atomic E-state index is -0.482. The lowest BCUT2D eigenvalue weighted by atomic mass is 10.0. The van der Waals surface area contributed by atoms with Crippen molar-refractivity contribution in [2.24, 2.45) is 0 Å². The van der Waals surface area contributed by atoms with Crippen LogP contribution >= 0.6 is 11.6 Å². The molecule has 1 amide bonds. The lowest BCUT2D eigenvalue weighted by Crippen LogP contribution is -2.20. The third kappa shape index (κ3) is 4.47. The zero-order valence-electron chi connectivity index (χ0n) is 12.8. The number of furan rings is 1. The van der Waals surface area contributed by atoms with Crippen LogP contribution in [0.15, 0.2) is 41.0 Å². The Labute approximate surface area is 138 Å². The van der Waals surface area contributed by atoms with E-state index in [4.69, 9.17) is 20.8 Å². The molecule has 0 atom stereocenters. The smallest absolute Gasteiger partial charge is 0.339 e. The molecule has 1 N–H and O–H groups in total. The van der Waals surface area contributed by atoms with Crippen LogP contribution in [-0.2, 0) is 16.1 Å². The average Bonchev–Trinajstić information content (AvgIpc) is 3.03. The van der Waals surface area contributed by atoms with Crippen LogP contribution < -0.4 is 5.32 Å². The highest BCUT2D eigenvalue weighted by Crippen LogP contribution is 2.23. The Morgan fingerprint density at radius 1 is 1.39 bits per heavy atom. The second kappa shape index (κ2) is 7.65. The monoisotopic (exact) mass is 333 g/mol. The molecular weight excluding hydrogens is 318 g/mol. The first-order valence-electron chi connectivity index (χ1n) is 6.88. The number of aryl methyl sites for hydroxylation is 1. The molecule has 1 aromatic heterocycles. The van der Waals surface area contributed by atoms with Crippen molar-refractivity contribution in [3.8, 4) is 0 Å². The maximum Gasteiger partial charge on any atom is 0.339 e. The molecule has 5 nitrogen and oxygen atoms in total. The highest BCUT2D eigenvalue weighted by molar-refractivity contribution is 6.33. The van der Waals surface area contributed by atoms with Crippen molar-refractivity contribution in [3.63, 3.8) is 0 Å². The summed E-state index contributed by atoms with van der Waals surface area (Å²) in [7, 11) is 1.30. The number of hydrogen-bond donors (Lipinski definition) is 1. The van der Waals surface area contributed by atoms with E-state index >= 15 is 0 Å². The van der Waals surface area contributed by atoms with Crippen molar-refractivity contribution in [2.75, 3.05) is 7.11 Å². The average molecular weight is 334 g/mol. The minimum Gasteiger partial charge on any atom is -0.465 e. The number of carbonyl (C=O) groups excluding carboxylic acids is 2.